The maximum Gasteiger partial charge on any atom is 0.255 e. The Labute approximate surface area is 151 Å². The summed E-state index contributed by atoms with van der Waals surface area (Å²) in [5.74, 6) is 0.288. The van der Waals surface area contributed by atoms with Crippen LogP contribution in [0.4, 0.5) is 0 Å². The molecular weight excluding hydrogens is 336 g/mol. The van der Waals surface area contributed by atoms with Crippen molar-refractivity contribution in [3.8, 4) is 0 Å². The summed E-state index contributed by atoms with van der Waals surface area (Å²) in [5.41, 5.74) is 2.92. The van der Waals surface area contributed by atoms with E-state index in [1.165, 1.54) is 32.1 Å². The number of carbonyl (C=O) groups excluding carboxylic acids is 1. The normalized spacial score (nSPS) is 23.7. The molecule has 0 radical (unpaired) electrons. The van der Waals surface area contributed by atoms with Crippen LogP contribution < -0.4 is 0 Å². The van der Waals surface area contributed by atoms with Gasteiger partial charge >= 0.3 is 0 Å². The van der Waals surface area contributed by atoms with E-state index in [1.54, 1.807) is 4.90 Å². The number of nitrogens with zero attached hydrogens (tertiary/aromatic N) is 2. The minimum absolute atomic E-state index is 0.0141. The van der Waals surface area contributed by atoms with Crippen molar-refractivity contribution in [1.29, 1.82) is 0 Å². The van der Waals surface area contributed by atoms with E-state index in [0.29, 0.717) is 19.0 Å². The molecule has 1 amide bonds. The van der Waals surface area contributed by atoms with Crippen LogP contribution in [0.2, 0.25) is 0 Å². The summed E-state index contributed by atoms with van der Waals surface area (Å²) in [4.78, 5) is 14.9. The quantitative estimate of drug-likeness (QED) is 0.822. The summed E-state index contributed by atoms with van der Waals surface area (Å²) in [6, 6.07) is 2.32. The van der Waals surface area contributed by atoms with Crippen LogP contribution in [0.15, 0.2) is 6.07 Å². The summed E-state index contributed by atoms with van der Waals surface area (Å²) in [5, 5.41) is 0. The highest BCUT2D eigenvalue weighted by atomic mass is 32.2. The van der Waals surface area contributed by atoms with Gasteiger partial charge in [-0.2, -0.15) is 0 Å². The van der Waals surface area contributed by atoms with Gasteiger partial charge in [-0.15, -0.1) is 0 Å². The Kier molecular flexibility index (Phi) is 5.28. The molecule has 140 valence electrons. The van der Waals surface area contributed by atoms with Crippen molar-refractivity contribution in [2.75, 3.05) is 18.1 Å². The lowest BCUT2D eigenvalue weighted by Crippen LogP contribution is -2.41. The van der Waals surface area contributed by atoms with Gasteiger partial charge in [-0.1, -0.05) is 19.3 Å². The summed E-state index contributed by atoms with van der Waals surface area (Å²) in [7, 11) is -3.00. The molecule has 2 fully saturated rings. The Morgan fingerprint density at radius 3 is 2.44 bits per heavy atom. The van der Waals surface area contributed by atoms with Gasteiger partial charge in [0.1, 0.15) is 0 Å². The fourth-order valence-electron chi connectivity index (χ4n) is 4.64. The number of aromatic nitrogens is 1. The van der Waals surface area contributed by atoms with Gasteiger partial charge < -0.3 is 9.47 Å². The second-order valence-corrected chi connectivity index (χ2v) is 9.82. The number of aryl methyl sites for hydroxylation is 1. The first-order chi connectivity index (χ1) is 11.8. The van der Waals surface area contributed by atoms with Gasteiger partial charge in [0.25, 0.3) is 5.91 Å². The topological polar surface area (TPSA) is 59.4 Å². The lowest BCUT2D eigenvalue weighted by molar-refractivity contribution is 0.0707. The van der Waals surface area contributed by atoms with Crippen molar-refractivity contribution in [3.05, 3.63) is 23.0 Å². The highest BCUT2D eigenvalue weighted by Gasteiger charge is 2.35. The maximum atomic E-state index is 13.2. The van der Waals surface area contributed by atoms with Crippen molar-refractivity contribution >= 4 is 15.7 Å². The fraction of sp³-hybridized carbons (Fsp3) is 0.737. The van der Waals surface area contributed by atoms with Crippen LogP contribution >= 0.6 is 0 Å². The van der Waals surface area contributed by atoms with Crippen LogP contribution in [0, 0.1) is 13.8 Å². The standard InChI is InChI=1S/C19H30N2O3S/c1-4-20(17-10-11-25(23,24)13-17)19(22)18-12-14(2)21(15(18)3)16-8-6-5-7-9-16/h12,16-17H,4-11,13H2,1-3H3. The van der Waals surface area contributed by atoms with E-state index in [4.69, 9.17) is 0 Å². The molecule has 1 atom stereocenters. The van der Waals surface area contributed by atoms with Crippen molar-refractivity contribution in [2.24, 2.45) is 0 Å². The third kappa shape index (κ3) is 3.64. The Morgan fingerprint density at radius 2 is 1.88 bits per heavy atom. The summed E-state index contributed by atoms with van der Waals surface area (Å²) >= 11 is 0. The number of hydrogen-bond donors (Lipinski definition) is 0. The molecule has 1 aliphatic carbocycles. The second kappa shape index (κ2) is 7.14. The zero-order valence-electron chi connectivity index (χ0n) is 15.6. The molecule has 25 heavy (non-hydrogen) atoms. The highest BCUT2D eigenvalue weighted by Crippen LogP contribution is 2.33. The Bertz CT molecular complexity index is 745. The molecule has 6 heteroatoms. The predicted molar refractivity (Wildman–Crippen MR) is 99.8 cm³/mol. The fourth-order valence-corrected chi connectivity index (χ4v) is 6.37. The molecule has 1 unspecified atom stereocenters. The van der Waals surface area contributed by atoms with E-state index in [1.807, 2.05) is 19.9 Å². The van der Waals surface area contributed by atoms with E-state index < -0.39 is 9.84 Å². The van der Waals surface area contributed by atoms with Gasteiger partial charge in [0.05, 0.1) is 17.1 Å². The number of carbonyl (C=O) groups is 1. The Balaban J connectivity index is 1.86. The van der Waals surface area contributed by atoms with Gasteiger partial charge in [0, 0.05) is 30.0 Å². The minimum atomic E-state index is -3.00. The van der Waals surface area contributed by atoms with E-state index in [-0.39, 0.29) is 23.5 Å². The molecule has 2 heterocycles. The maximum absolute atomic E-state index is 13.2. The molecule has 0 aromatic carbocycles. The first kappa shape index (κ1) is 18.5. The number of hydrogen-bond acceptors (Lipinski definition) is 3. The van der Waals surface area contributed by atoms with Gasteiger partial charge in [-0.05, 0) is 46.1 Å². The van der Waals surface area contributed by atoms with E-state index in [0.717, 1.165) is 17.0 Å². The van der Waals surface area contributed by atoms with Crippen LogP contribution in [0.5, 0.6) is 0 Å². The van der Waals surface area contributed by atoms with Crippen LogP contribution in [-0.4, -0.2) is 47.9 Å². The smallest absolute Gasteiger partial charge is 0.255 e. The molecule has 1 aromatic rings. The SMILES string of the molecule is CCN(C(=O)c1cc(C)n(C2CCCCC2)c1C)C1CCS(=O)(=O)C1. The molecular formula is C19H30N2O3S. The average molecular weight is 367 g/mol. The molecule has 3 rings (SSSR count). The van der Waals surface area contributed by atoms with E-state index >= 15 is 0 Å². The number of rotatable bonds is 4. The summed E-state index contributed by atoms with van der Waals surface area (Å²) in [6.45, 7) is 6.60. The molecule has 1 saturated heterocycles. The highest BCUT2D eigenvalue weighted by molar-refractivity contribution is 7.91. The average Bonchev–Trinajstić information content (AvgIpc) is 3.08. The van der Waals surface area contributed by atoms with Crippen LogP contribution in [0.3, 0.4) is 0 Å². The summed E-state index contributed by atoms with van der Waals surface area (Å²) in [6.07, 6.45) is 6.74. The summed E-state index contributed by atoms with van der Waals surface area (Å²) < 4.78 is 26.0. The number of sulfone groups is 1. The van der Waals surface area contributed by atoms with Gasteiger partial charge in [0.15, 0.2) is 9.84 Å². The molecule has 1 saturated carbocycles. The Hall–Kier alpha value is -1.30. The lowest BCUT2D eigenvalue weighted by atomic mass is 9.95. The van der Waals surface area contributed by atoms with Crippen molar-refractivity contribution in [3.63, 3.8) is 0 Å². The van der Waals surface area contributed by atoms with Gasteiger partial charge in [0.2, 0.25) is 0 Å². The molecule has 0 bridgehead atoms. The largest absolute Gasteiger partial charge is 0.345 e. The van der Waals surface area contributed by atoms with Gasteiger partial charge in [-0.3, -0.25) is 4.79 Å². The van der Waals surface area contributed by atoms with Crippen LogP contribution in [-0.2, 0) is 9.84 Å². The second-order valence-electron chi connectivity index (χ2n) is 7.59. The lowest BCUT2D eigenvalue weighted by Gasteiger charge is -2.28. The zero-order valence-corrected chi connectivity index (χ0v) is 16.4. The molecule has 1 aromatic heterocycles. The van der Waals surface area contributed by atoms with Crippen LogP contribution in [0.25, 0.3) is 0 Å². The minimum Gasteiger partial charge on any atom is -0.345 e. The molecule has 0 N–H and O–H groups in total. The number of amides is 1. The van der Waals surface area contributed by atoms with E-state index in [9.17, 15) is 13.2 Å². The Morgan fingerprint density at radius 1 is 1.20 bits per heavy atom. The molecule has 1 aliphatic heterocycles. The van der Waals surface area contributed by atoms with Crippen molar-refractivity contribution in [2.45, 2.75) is 71.4 Å². The molecule has 0 spiro atoms. The first-order valence-corrected chi connectivity index (χ1v) is 11.4. The van der Waals surface area contributed by atoms with Crippen LogP contribution in [0.1, 0.15) is 73.2 Å². The van der Waals surface area contributed by atoms with Gasteiger partial charge in [-0.25, -0.2) is 8.42 Å². The van der Waals surface area contributed by atoms with Crippen molar-refractivity contribution < 1.29 is 13.2 Å². The third-order valence-corrected chi connectivity index (χ3v) is 7.66. The zero-order chi connectivity index (χ0) is 18.2. The first-order valence-electron chi connectivity index (χ1n) is 9.54. The monoisotopic (exact) mass is 366 g/mol. The van der Waals surface area contributed by atoms with E-state index in [2.05, 4.69) is 11.5 Å². The molecule has 2 aliphatic rings. The third-order valence-electron chi connectivity index (χ3n) is 5.91. The predicted octanol–water partition coefficient (Wildman–Crippen LogP) is 3.26. The van der Waals surface area contributed by atoms with Crippen molar-refractivity contribution in [1.82, 2.24) is 9.47 Å². The molecule has 5 nitrogen and oxygen atoms in total.